The summed E-state index contributed by atoms with van der Waals surface area (Å²) in [6.07, 6.45) is 2.72. The molecule has 1 aromatic heterocycles. The van der Waals surface area contributed by atoms with Gasteiger partial charge in [-0.05, 0) is 34.9 Å². The molecule has 2 aromatic carbocycles. The van der Waals surface area contributed by atoms with Crippen LogP contribution in [0.25, 0.3) is 11.1 Å². The number of carbonyl (C=O) groups excluding carboxylic acids is 1. The maximum atomic E-state index is 11.9. The Morgan fingerprint density at radius 1 is 0.920 bits per heavy atom. The van der Waals surface area contributed by atoms with Gasteiger partial charge in [-0.2, -0.15) is 0 Å². The molecule has 4 rings (SSSR count). The number of cyclic esters (lactones) is 1. The molecule has 2 heterocycles. The third kappa shape index (κ3) is 3.21. The molecule has 1 aliphatic rings. The molecule has 124 valence electrons. The van der Waals surface area contributed by atoms with E-state index in [-0.39, 0.29) is 6.04 Å². The SMILES string of the molecule is O=C1N[C@H](c2cncc(-c3ccccc3)c2)[C@@H](c2ccc(Cl)cc2)O1. The maximum absolute atomic E-state index is 11.9. The van der Waals surface area contributed by atoms with Gasteiger partial charge in [0.15, 0.2) is 6.10 Å². The van der Waals surface area contributed by atoms with Crippen LogP contribution in [0.2, 0.25) is 5.02 Å². The van der Waals surface area contributed by atoms with E-state index in [0.717, 1.165) is 22.3 Å². The van der Waals surface area contributed by atoms with Crippen molar-refractivity contribution in [2.75, 3.05) is 0 Å². The Morgan fingerprint density at radius 2 is 1.68 bits per heavy atom. The molecule has 0 spiro atoms. The number of rotatable bonds is 3. The molecular weight excluding hydrogens is 336 g/mol. The monoisotopic (exact) mass is 350 g/mol. The number of carbonyl (C=O) groups is 1. The normalized spacial score (nSPS) is 19.3. The number of alkyl carbamates (subject to hydrolysis) is 1. The molecule has 1 saturated heterocycles. The van der Waals surface area contributed by atoms with Gasteiger partial charge in [0.25, 0.3) is 0 Å². The Kier molecular flexibility index (Phi) is 4.12. The van der Waals surface area contributed by atoms with Crippen LogP contribution in [0.5, 0.6) is 0 Å². The van der Waals surface area contributed by atoms with Crippen molar-refractivity contribution >= 4 is 17.7 Å². The first-order valence-corrected chi connectivity index (χ1v) is 8.31. The van der Waals surface area contributed by atoms with E-state index in [1.54, 1.807) is 18.3 Å². The Hall–Kier alpha value is -2.85. The van der Waals surface area contributed by atoms with Crippen LogP contribution in [0, 0.1) is 0 Å². The summed E-state index contributed by atoms with van der Waals surface area (Å²) in [5, 5.41) is 3.52. The molecule has 1 fully saturated rings. The van der Waals surface area contributed by atoms with Crippen molar-refractivity contribution in [3.8, 4) is 11.1 Å². The molecule has 0 unspecified atom stereocenters. The molecule has 1 amide bonds. The molecule has 3 aromatic rings. The van der Waals surface area contributed by atoms with Gasteiger partial charge in [-0.15, -0.1) is 0 Å². The van der Waals surface area contributed by atoms with Crippen molar-refractivity contribution < 1.29 is 9.53 Å². The van der Waals surface area contributed by atoms with E-state index in [9.17, 15) is 4.79 Å². The van der Waals surface area contributed by atoms with Crippen LogP contribution >= 0.6 is 11.6 Å². The highest BCUT2D eigenvalue weighted by molar-refractivity contribution is 6.30. The third-order valence-electron chi connectivity index (χ3n) is 4.23. The fourth-order valence-corrected chi connectivity index (χ4v) is 3.13. The van der Waals surface area contributed by atoms with E-state index >= 15 is 0 Å². The second-order valence-corrected chi connectivity index (χ2v) is 6.31. The first-order chi connectivity index (χ1) is 12.2. The molecule has 25 heavy (non-hydrogen) atoms. The summed E-state index contributed by atoms with van der Waals surface area (Å²) in [4.78, 5) is 16.2. The predicted molar refractivity (Wildman–Crippen MR) is 96.2 cm³/mol. The largest absolute Gasteiger partial charge is 0.439 e. The minimum atomic E-state index is -0.435. The molecule has 2 atom stereocenters. The topological polar surface area (TPSA) is 51.2 Å². The molecule has 0 saturated carbocycles. The molecule has 0 aliphatic carbocycles. The summed E-state index contributed by atoms with van der Waals surface area (Å²) < 4.78 is 5.48. The standard InChI is InChI=1S/C20H15ClN2O2/c21-17-8-6-14(7-9-17)19-18(23-20(24)25-19)16-10-15(11-22-12-16)13-4-2-1-3-5-13/h1-12,18-19H,(H,23,24)/t18-,19-/m1/s1. The van der Waals surface area contributed by atoms with Gasteiger partial charge < -0.3 is 10.1 Å². The quantitative estimate of drug-likeness (QED) is 0.729. The smallest absolute Gasteiger partial charge is 0.408 e. The highest BCUT2D eigenvalue weighted by atomic mass is 35.5. The zero-order valence-electron chi connectivity index (χ0n) is 13.2. The number of pyridine rings is 1. The van der Waals surface area contributed by atoms with Crippen LogP contribution in [-0.2, 0) is 4.74 Å². The summed E-state index contributed by atoms with van der Waals surface area (Å²) >= 11 is 5.96. The highest BCUT2D eigenvalue weighted by Crippen LogP contribution is 2.37. The molecule has 4 nitrogen and oxygen atoms in total. The molecule has 5 heteroatoms. The van der Waals surface area contributed by atoms with Gasteiger partial charge in [-0.25, -0.2) is 4.79 Å². The van der Waals surface area contributed by atoms with E-state index < -0.39 is 12.2 Å². The lowest BCUT2D eigenvalue weighted by atomic mass is 9.96. The molecule has 0 bridgehead atoms. The lowest BCUT2D eigenvalue weighted by molar-refractivity contribution is 0.132. The number of nitrogens with one attached hydrogen (secondary N) is 1. The van der Waals surface area contributed by atoms with E-state index in [0.29, 0.717) is 5.02 Å². The van der Waals surface area contributed by atoms with Crippen LogP contribution in [-0.4, -0.2) is 11.1 Å². The Balaban J connectivity index is 1.70. The zero-order valence-corrected chi connectivity index (χ0v) is 14.0. The van der Waals surface area contributed by atoms with Gasteiger partial charge in [0.05, 0.1) is 0 Å². The summed E-state index contributed by atoms with van der Waals surface area (Å²) in [6.45, 7) is 0. The summed E-state index contributed by atoms with van der Waals surface area (Å²) in [5.74, 6) is 0. The maximum Gasteiger partial charge on any atom is 0.408 e. The summed E-state index contributed by atoms with van der Waals surface area (Å²) in [5.41, 5.74) is 3.85. The molecule has 1 N–H and O–H groups in total. The fourth-order valence-electron chi connectivity index (χ4n) is 3.01. The average molecular weight is 351 g/mol. The van der Waals surface area contributed by atoms with Crippen molar-refractivity contribution in [2.45, 2.75) is 12.1 Å². The number of benzene rings is 2. The number of amides is 1. The third-order valence-corrected chi connectivity index (χ3v) is 4.49. The highest BCUT2D eigenvalue weighted by Gasteiger charge is 2.36. The second-order valence-electron chi connectivity index (χ2n) is 5.87. The van der Waals surface area contributed by atoms with Crippen LogP contribution < -0.4 is 5.32 Å². The van der Waals surface area contributed by atoms with E-state index in [4.69, 9.17) is 16.3 Å². The van der Waals surface area contributed by atoms with Crippen molar-refractivity contribution in [3.05, 3.63) is 89.2 Å². The molecular formula is C20H15ClN2O2. The number of hydrogen-bond acceptors (Lipinski definition) is 3. The van der Waals surface area contributed by atoms with Gasteiger partial charge in [0.1, 0.15) is 6.04 Å². The minimum Gasteiger partial charge on any atom is -0.439 e. The first-order valence-electron chi connectivity index (χ1n) is 7.94. The lowest BCUT2D eigenvalue weighted by Gasteiger charge is -2.18. The minimum absolute atomic E-state index is 0.301. The van der Waals surface area contributed by atoms with Gasteiger partial charge in [-0.1, -0.05) is 54.1 Å². The number of aromatic nitrogens is 1. The average Bonchev–Trinajstić information content (AvgIpc) is 3.05. The van der Waals surface area contributed by atoms with Crippen molar-refractivity contribution in [3.63, 3.8) is 0 Å². The summed E-state index contributed by atoms with van der Waals surface area (Å²) in [6, 6.07) is 19.1. The Labute approximate surface area is 150 Å². The summed E-state index contributed by atoms with van der Waals surface area (Å²) in [7, 11) is 0. The first kappa shape index (κ1) is 15.7. The van der Waals surface area contributed by atoms with E-state index in [2.05, 4.69) is 10.3 Å². The lowest BCUT2D eigenvalue weighted by Crippen LogP contribution is -2.19. The number of nitrogens with zero attached hydrogens (tertiary/aromatic N) is 1. The van der Waals surface area contributed by atoms with Gasteiger partial charge in [-0.3, -0.25) is 4.98 Å². The van der Waals surface area contributed by atoms with Gasteiger partial charge in [0.2, 0.25) is 0 Å². The molecule has 1 aliphatic heterocycles. The Morgan fingerprint density at radius 3 is 2.44 bits per heavy atom. The van der Waals surface area contributed by atoms with Crippen LogP contribution in [0.1, 0.15) is 23.3 Å². The zero-order chi connectivity index (χ0) is 17.2. The van der Waals surface area contributed by atoms with Gasteiger partial charge in [0, 0.05) is 23.0 Å². The van der Waals surface area contributed by atoms with Crippen LogP contribution in [0.4, 0.5) is 4.79 Å². The number of hydrogen-bond donors (Lipinski definition) is 1. The van der Waals surface area contributed by atoms with Gasteiger partial charge >= 0.3 is 6.09 Å². The van der Waals surface area contributed by atoms with Crippen LogP contribution in [0.15, 0.2) is 73.1 Å². The molecule has 0 radical (unpaired) electrons. The fraction of sp³-hybridized carbons (Fsp3) is 0.100. The van der Waals surface area contributed by atoms with E-state index in [1.165, 1.54) is 0 Å². The van der Waals surface area contributed by atoms with Crippen molar-refractivity contribution in [1.82, 2.24) is 10.3 Å². The van der Waals surface area contributed by atoms with Crippen LogP contribution in [0.3, 0.4) is 0 Å². The Bertz CT molecular complexity index is 897. The number of ether oxygens (including phenoxy) is 1. The van der Waals surface area contributed by atoms with Crippen molar-refractivity contribution in [2.24, 2.45) is 0 Å². The van der Waals surface area contributed by atoms with Crippen molar-refractivity contribution in [1.29, 1.82) is 0 Å². The second kappa shape index (κ2) is 6.57. The van der Waals surface area contributed by atoms with E-state index in [1.807, 2.05) is 54.7 Å². The number of halogens is 1. The predicted octanol–water partition coefficient (Wildman–Crippen LogP) is 4.92.